The lowest BCUT2D eigenvalue weighted by molar-refractivity contribution is 0.555. The van der Waals surface area contributed by atoms with Crippen LogP contribution < -0.4 is 5.73 Å². The van der Waals surface area contributed by atoms with Gasteiger partial charge in [-0.1, -0.05) is 17.7 Å². The zero-order chi connectivity index (χ0) is 11.9. The molecule has 1 aromatic carbocycles. The molecule has 1 aromatic heterocycles. The Labute approximate surface area is 100 Å². The summed E-state index contributed by atoms with van der Waals surface area (Å²) in [6.45, 7) is 5.93. The van der Waals surface area contributed by atoms with E-state index in [1.807, 2.05) is 39.0 Å². The molecule has 2 rings (SSSR count). The fourth-order valence-corrected chi connectivity index (χ4v) is 1.81. The molecule has 0 aliphatic heterocycles. The molecule has 0 radical (unpaired) electrons. The maximum Gasteiger partial charge on any atom is 0.132 e. The van der Waals surface area contributed by atoms with E-state index < -0.39 is 0 Å². The van der Waals surface area contributed by atoms with Crippen LogP contribution in [0.2, 0.25) is 5.15 Å². The molecule has 0 saturated carbocycles. The molecule has 16 heavy (non-hydrogen) atoms. The minimum Gasteiger partial charge on any atom is -0.322 e. The van der Waals surface area contributed by atoms with Gasteiger partial charge in [0.15, 0.2) is 0 Å². The maximum atomic E-state index is 6.07. The van der Waals surface area contributed by atoms with Gasteiger partial charge < -0.3 is 5.73 Å². The summed E-state index contributed by atoms with van der Waals surface area (Å²) in [6, 6.07) is 8.08. The van der Waals surface area contributed by atoms with Crippen LogP contribution in [0.4, 0.5) is 0 Å². The van der Waals surface area contributed by atoms with Gasteiger partial charge in [0.2, 0.25) is 0 Å². The van der Waals surface area contributed by atoms with Crippen LogP contribution in [0.1, 0.15) is 25.0 Å². The third-order valence-corrected chi connectivity index (χ3v) is 3.07. The molecule has 0 unspecified atom stereocenters. The number of hydrogen-bond acceptors (Lipinski definition) is 2. The van der Waals surface area contributed by atoms with E-state index in [1.165, 1.54) is 0 Å². The van der Waals surface area contributed by atoms with E-state index in [4.69, 9.17) is 17.3 Å². The Kier molecular flexibility index (Phi) is 2.64. The van der Waals surface area contributed by atoms with Crippen LogP contribution in [0.25, 0.3) is 10.9 Å². The molecule has 0 bridgehead atoms. The second kappa shape index (κ2) is 3.72. The number of nitrogens with two attached hydrogens (primary N) is 1. The van der Waals surface area contributed by atoms with Gasteiger partial charge >= 0.3 is 0 Å². The first-order valence-electron chi connectivity index (χ1n) is 5.24. The summed E-state index contributed by atoms with van der Waals surface area (Å²) in [4.78, 5) is 4.32. The molecule has 2 N–H and O–H groups in total. The molecule has 1 heterocycles. The van der Waals surface area contributed by atoms with Gasteiger partial charge in [0.1, 0.15) is 5.15 Å². The predicted molar refractivity (Wildman–Crippen MR) is 68.7 cm³/mol. The van der Waals surface area contributed by atoms with E-state index in [1.54, 1.807) is 0 Å². The first-order chi connectivity index (χ1) is 7.38. The van der Waals surface area contributed by atoms with Crippen molar-refractivity contribution in [2.75, 3.05) is 0 Å². The predicted octanol–water partition coefficient (Wildman–Crippen LogP) is 3.39. The Balaban J connectivity index is 2.67. The van der Waals surface area contributed by atoms with Crippen molar-refractivity contribution in [1.29, 1.82) is 0 Å². The minimum atomic E-state index is -0.332. The van der Waals surface area contributed by atoms with E-state index in [2.05, 4.69) is 11.1 Å². The highest BCUT2D eigenvalue weighted by Crippen LogP contribution is 2.24. The molecule has 0 aliphatic rings. The summed E-state index contributed by atoms with van der Waals surface area (Å²) >= 11 is 5.98. The van der Waals surface area contributed by atoms with Crippen molar-refractivity contribution in [2.24, 2.45) is 5.73 Å². The molecule has 84 valence electrons. The number of benzene rings is 1. The number of aromatic nitrogens is 1. The molecule has 2 aromatic rings. The summed E-state index contributed by atoms with van der Waals surface area (Å²) in [6.07, 6.45) is 0. The highest BCUT2D eigenvalue weighted by atomic mass is 35.5. The van der Waals surface area contributed by atoms with Crippen molar-refractivity contribution in [2.45, 2.75) is 26.3 Å². The summed E-state index contributed by atoms with van der Waals surface area (Å²) in [5.41, 5.74) is 8.73. The number of pyridine rings is 1. The second-order valence-corrected chi connectivity index (χ2v) is 5.08. The van der Waals surface area contributed by atoms with Crippen LogP contribution in [-0.4, -0.2) is 4.98 Å². The van der Waals surface area contributed by atoms with E-state index in [0.29, 0.717) is 5.15 Å². The lowest BCUT2D eigenvalue weighted by Crippen LogP contribution is -2.28. The summed E-state index contributed by atoms with van der Waals surface area (Å²) in [5.74, 6) is 0. The van der Waals surface area contributed by atoms with Gasteiger partial charge in [-0.3, -0.25) is 0 Å². The molecule has 0 amide bonds. The number of fused-ring (bicyclic) bond motifs is 1. The van der Waals surface area contributed by atoms with Gasteiger partial charge in [-0.25, -0.2) is 4.98 Å². The van der Waals surface area contributed by atoms with E-state index >= 15 is 0 Å². The standard InChI is InChI=1S/C13H15ClN2/c1-8-6-9-7-10(13(2,3)15)4-5-11(9)16-12(8)14/h4-7H,15H2,1-3H3. The van der Waals surface area contributed by atoms with E-state index in [9.17, 15) is 0 Å². The molecule has 0 aliphatic carbocycles. The molecule has 0 spiro atoms. The van der Waals surface area contributed by atoms with Crippen molar-refractivity contribution in [3.63, 3.8) is 0 Å². The molecule has 0 atom stereocenters. The van der Waals surface area contributed by atoms with Gasteiger partial charge in [-0.15, -0.1) is 0 Å². The normalized spacial score (nSPS) is 12.1. The van der Waals surface area contributed by atoms with Crippen molar-refractivity contribution in [3.8, 4) is 0 Å². The highest BCUT2D eigenvalue weighted by Gasteiger charge is 2.14. The van der Waals surface area contributed by atoms with Crippen LogP contribution in [0.15, 0.2) is 24.3 Å². The van der Waals surface area contributed by atoms with Crippen LogP contribution >= 0.6 is 11.6 Å². The lowest BCUT2D eigenvalue weighted by atomic mass is 9.94. The number of aryl methyl sites for hydroxylation is 1. The van der Waals surface area contributed by atoms with Gasteiger partial charge in [-0.05, 0) is 50.1 Å². The third-order valence-electron chi connectivity index (χ3n) is 2.69. The van der Waals surface area contributed by atoms with Crippen LogP contribution in [0.3, 0.4) is 0 Å². The quantitative estimate of drug-likeness (QED) is 0.769. The van der Waals surface area contributed by atoms with Crippen LogP contribution in [-0.2, 0) is 5.54 Å². The monoisotopic (exact) mass is 234 g/mol. The number of hydrogen-bond donors (Lipinski definition) is 1. The van der Waals surface area contributed by atoms with E-state index in [0.717, 1.165) is 22.0 Å². The van der Waals surface area contributed by atoms with Crippen LogP contribution in [0, 0.1) is 6.92 Å². The summed E-state index contributed by atoms with van der Waals surface area (Å²) in [7, 11) is 0. The Morgan fingerprint density at radius 2 is 1.94 bits per heavy atom. The fourth-order valence-electron chi connectivity index (χ4n) is 1.66. The van der Waals surface area contributed by atoms with Crippen molar-refractivity contribution >= 4 is 22.5 Å². The third kappa shape index (κ3) is 2.04. The SMILES string of the molecule is Cc1cc2cc(C(C)(C)N)ccc2nc1Cl. The molecule has 0 fully saturated rings. The Hall–Kier alpha value is -1.12. The smallest absolute Gasteiger partial charge is 0.132 e. The van der Waals surface area contributed by atoms with Crippen molar-refractivity contribution in [1.82, 2.24) is 4.98 Å². The van der Waals surface area contributed by atoms with Gasteiger partial charge in [0.05, 0.1) is 5.52 Å². The zero-order valence-electron chi connectivity index (χ0n) is 9.71. The van der Waals surface area contributed by atoms with Gasteiger partial charge in [-0.2, -0.15) is 0 Å². The zero-order valence-corrected chi connectivity index (χ0v) is 10.5. The molecule has 0 saturated heterocycles. The summed E-state index contributed by atoms with van der Waals surface area (Å²) < 4.78 is 0. The first-order valence-corrected chi connectivity index (χ1v) is 5.62. The van der Waals surface area contributed by atoms with Gasteiger partial charge in [0.25, 0.3) is 0 Å². The highest BCUT2D eigenvalue weighted by molar-refractivity contribution is 6.30. The minimum absolute atomic E-state index is 0.332. The number of halogens is 1. The largest absolute Gasteiger partial charge is 0.322 e. The lowest BCUT2D eigenvalue weighted by Gasteiger charge is -2.19. The second-order valence-electron chi connectivity index (χ2n) is 4.73. The molecule has 3 heteroatoms. The Morgan fingerprint density at radius 3 is 2.56 bits per heavy atom. The maximum absolute atomic E-state index is 6.07. The number of rotatable bonds is 1. The average Bonchev–Trinajstić information content (AvgIpc) is 2.17. The van der Waals surface area contributed by atoms with E-state index in [-0.39, 0.29) is 5.54 Å². The topological polar surface area (TPSA) is 38.9 Å². The van der Waals surface area contributed by atoms with Gasteiger partial charge in [0, 0.05) is 10.9 Å². The average molecular weight is 235 g/mol. The molecular formula is C13H15ClN2. The Morgan fingerprint density at radius 1 is 1.25 bits per heavy atom. The Bertz CT molecular complexity index is 541. The first kappa shape index (κ1) is 11.4. The van der Waals surface area contributed by atoms with Crippen molar-refractivity contribution in [3.05, 3.63) is 40.5 Å². The summed E-state index contributed by atoms with van der Waals surface area (Å²) in [5, 5.41) is 1.64. The molecule has 2 nitrogen and oxygen atoms in total. The molecular weight excluding hydrogens is 220 g/mol. The fraction of sp³-hybridized carbons (Fsp3) is 0.308. The number of nitrogens with zero attached hydrogens (tertiary/aromatic N) is 1. The van der Waals surface area contributed by atoms with Crippen LogP contribution in [0.5, 0.6) is 0 Å². The van der Waals surface area contributed by atoms with Crippen molar-refractivity contribution < 1.29 is 0 Å².